The van der Waals surface area contributed by atoms with Gasteiger partial charge in [-0.15, -0.1) is 0 Å². The lowest BCUT2D eigenvalue weighted by molar-refractivity contribution is 0.103. The summed E-state index contributed by atoms with van der Waals surface area (Å²) >= 11 is 6.57. The first-order chi connectivity index (χ1) is 10.5. The molecule has 1 N–H and O–H groups in total. The normalized spacial score (nSPS) is 14.0. The number of carbonyl (C=O) groups is 1. The van der Waals surface area contributed by atoms with Gasteiger partial charge in [-0.05, 0) is 69.7 Å². The van der Waals surface area contributed by atoms with Crippen molar-refractivity contribution in [2.75, 3.05) is 0 Å². The highest BCUT2D eigenvalue weighted by Gasteiger charge is 2.26. The number of benzene rings is 1. The molecule has 22 heavy (non-hydrogen) atoms. The van der Waals surface area contributed by atoms with E-state index >= 15 is 0 Å². The third-order valence-corrected chi connectivity index (χ3v) is 5.21. The molecule has 3 rings (SSSR count). The Kier molecular flexibility index (Phi) is 4.41. The van der Waals surface area contributed by atoms with Gasteiger partial charge in [0, 0.05) is 17.8 Å². The van der Waals surface area contributed by atoms with Crippen molar-refractivity contribution in [3.8, 4) is 5.75 Å². The van der Waals surface area contributed by atoms with Crippen LogP contribution in [0.25, 0.3) is 0 Å². The van der Waals surface area contributed by atoms with Crippen LogP contribution in [0.2, 0.25) is 0 Å². The second-order valence-electron chi connectivity index (χ2n) is 5.42. The van der Waals surface area contributed by atoms with Crippen LogP contribution in [0.4, 0.5) is 0 Å². The van der Waals surface area contributed by atoms with E-state index in [4.69, 9.17) is 0 Å². The van der Waals surface area contributed by atoms with E-state index in [2.05, 4.69) is 37.0 Å². The number of halogens is 2. The molecule has 0 atom stereocenters. The van der Waals surface area contributed by atoms with Crippen LogP contribution in [-0.4, -0.2) is 20.7 Å². The number of hydrogen-bond donors (Lipinski definition) is 1. The molecule has 6 heteroatoms. The van der Waals surface area contributed by atoms with E-state index in [1.165, 1.54) is 0 Å². The molecule has 0 spiro atoms. The summed E-state index contributed by atoms with van der Waals surface area (Å²) in [6, 6.07) is 3.32. The summed E-state index contributed by atoms with van der Waals surface area (Å²) in [6.45, 7) is 2.91. The minimum atomic E-state index is -0.0265. The highest BCUT2D eigenvalue weighted by Crippen LogP contribution is 2.35. The largest absolute Gasteiger partial charge is 0.506 e. The maximum Gasteiger partial charge on any atom is 0.196 e. The summed E-state index contributed by atoms with van der Waals surface area (Å²) in [7, 11) is 0. The minimum Gasteiger partial charge on any atom is -0.506 e. The zero-order valence-electron chi connectivity index (χ0n) is 12.2. The molecular formula is C16H16Br2N2O2. The molecular weight excluding hydrogens is 412 g/mol. The minimum absolute atomic E-state index is 0.0265. The molecule has 1 aliphatic heterocycles. The number of fused-ring (bicyclic) bond motifs is 1. The third-order valence-electron chi connectivity index (χ3n) is 4.00. The quantitative estimate of drug-likeness (QED) is 0.745. The predicted octanol–water partition coefficient (Wildman–Crippen LogP) is 4.24. The van der Waals surface area contributed by atoms with Crippen molar-refractivity contribution < 1.29 is 9.90 Å². The van der Waals surface area contributed by atoms with Crippen molar-refractivity contribution in [2.24, 2.45) is 0 Å². The van der Waals surface area contributed by atoms with Crippen molar-refractivity contribution in [3.05, 3.63) is 43.6 Å². The van der Waals surface area contributed by atoms with Crippen LogP contribution in [0.1, 0.15) is 47.1 Å². The van der Waals surface area contributed by atoms with Gasteiger partial charge in [0.05, 0.1) is 20.2 Å². The molecule has 0 radical (unpaired) electrons. The van der Waals surface area contributed by atoms with E-state index in [1.54, 1.807) is 12.1 Å². The Bertz CT molecular complexity index is 730. The Morgan fingerprint density at radius 1 is 1.32 bits per heavy atom. The number of rotatable bonds is 3. The fraction of sp³-hybridized carbons (Fsp3) is 0.375. The van der Waals surface area contributed by atoms with Gasteiger partial charge in [-0.25, -0.2) is 0 Å². The Balaban J connectivity index is 2.11. The summed E-state index contributed by atoms with van der Waals surface area (Å²) in [5, 5.41) is 14.4. The third kappa shape index (κ3) is 2.63. The molecule has 4 nitrogen and oxygen atoms in total. The Hall–Kier alpha value is -1.14. The lowest BCUT2D eigenvalue weighted by Crippen LogP contribution is -2.14. The van der Waals surface area contributed by atoms with Gasteiger partial charge in [0.2, 0.25) is 0 Å². The predicted molar refractivity (Wildman–Crippen MR) is 91.5 cm³/mol. The van der Waals surface area contributed by atoms with Crippen molar-refractivity contribution in [3.63, 3.8) is 0 Å². The first-order valence-electron chi connectivity index (χ1n) is 7.34. The average Bonchev–Trinajstić information content (AvgIpc) is 2.89. The van der Waals surface area contributed by atoms with Crippen molar-refractivity contribution in [1.29, 1.82) is 0 Å². The molecule has 1 aromatic heterocycles. The van der Waals surface area contributed by atoms with Gasteiger partial charge < -0.3 is 5.11 Å². The molecule has 0 bridgehead atoms. The molecule has 0 saturated heterocycles. The summed E-state index contributed by atoms with van der Waals surface area (Å²) in [5.74, 6) is 0.0747. The number of phenols is 1. The lowest BCUT2D eigenvalue weighted by Gasteiger charge is -2.14. The van der Waals surface area contributed by atoms with Crippen LogP contribution in [-0.2, 0) is 19.4 Å². The summed E-state index contributed by atoms with van der Waals surface area (Å²) in [4.78, 5) is 13.0. The van der Waals surface area contributed by atoms with Crippen molar-refractivity contribution >= 4 is 37.6 Å². The van der Waals surface area contributed by atoms with Crippen molar-refractivity contribution in [1.82, 2.24) is 9.78 Å². The molecule has 116 valence electrons. The molecule has 2 aromatic rings. The fourth-order valence-electron chi connectivity index (χ4n) is 2.90. The van der Waals surface area contributed by atoms with Gasteiger partial charge in [0.1, 0.15) is 5.75 Å². The zero-order chi connectivity index (χ0) is 15.9. The second kappa shape index (κ2) is 6.16. The summed E-state index contributed by atoms with van der Waals surface area (Å²) < 4.78 is 2.99. The van der Waals surface area contributed by atoms with Crippen LogP contribution >= 0.6 is 31.9 Å². The Labute approximate surface area is 145 Å². The SMILES string of the molecule is CCc1nn2c(c1C(=O)c1cc(Br)c(O)c(Br)c1)CCCC2. The summed E-state index contributed by atoms with van der Waals surface area (Å²) in [6.07, 6.45) is 3.84. The first-order valence-corrected chi connectivity index (χ1v) is 8.92. The number of carbonyl (C=O) groups excluding carboxylic acids is 1. The maximum absolute atomic E-state index is 13.0. The molecule has 1 aliphatic rings. The van der Waals surface area contributed by atoms with Crippen LogP contribution in [0, 0.1) is 0 Å². The molecule has 0 amide bonds. The average molecular weight is 428 g/mol. The van der Waals surface area contributed by atoms with Gasteiger partial charge in [-0.3, -0.25) is 9.48 Å². The Morgan fingerprint density at radius 2 is 2.00 bits per heavy atom. The van der Waals surface area contributed by atoms with Crippen LogP contribution in [0.3, 0.4) is 0 Å². The molecule has 1 aromatic carbocycles. The van der Waals surface area contributed by atoms with E-state index < -0.39 is 0 Å². The number of aromatic hydroxyl groups is 1. The van der Waals surface area contributed by atoms with E-state index in [0.717, 1.165) is 49.2 Å². The molecule has 0 fully saturated rings. The van der Waals surface area contributed by atoms with Gasteiger partial charge in [0.15, 0.2) is 5.78 Å². The zero-order valence-corrected chi connectivity index (χ0v) is 15.4. The fourth-order valence-corrected chi connectivity index (χ4v) is 4.08. The van der Waals surface area contributed by atoms with Crippen molar-refractivity contribution in [2.45, 2.75) is 39.2 Å². The van der Waals surface area contributed by atoms with Crippen LogP contribution < -0.4 is 0 Å². The second-order valence-corrected chi connectivity index (χ2v) is 7.13. The van der Waals surface area contributed by atoms with E-state index in [0.29, 0.717) is 14.5 Å². The van der Waals surface area contributed by atoms with Crippen LogP contribution in [0.5, 0.6) is 5.75 Å². The molecule has 2 heterocycles. The first kappa shape index (κ1) is 15.7. The van der Waals surface area contributed by atoms with E-state index in [9.17, 15) is 9.90 Å². The number of hydrogen-bond acceptors (Lipinski definition) is 3. The standard InChI is InChI=1S/C16H16Br2N2O2/c1-2-12-14(13-5-3-4-6-20(13)19-12)15(21)9-7-10(17)16(22)11(18)8-9/h7-8,22H,2-6H2,1H3. The lowest BCUT2D eigenvalue weighted by atomic mass is 9.96. The van der Waals surface area contributed by atoms with E-state index in [-0.39, 0.29) is 11.5 Å². The number of nitrogens with zero attached hydrogens (tertiary/aromatic N) is 2. The molecule has 0 aliphatic carbocycles. The Morgan fingerprint density at radius 3 is 2.64 bits per heavy atom. The van der Waals surface area contributed by atoms with Gasteiger partial charge >= 0.3 is 0 Å². The number of ketones is 1. The van der Waals surface area contributed by atoms with E-state index in [1.807, 2.05) is 11.6 Å². The van der Waals surface area contributed by atoms with Gasteiger partial charge in [0.25, 0.3) is 0 Å². The summed E-state index contributed by atoms with van der Waals surface area (Å²) in [5.41, 5.74) is 3.20. The van der Waals surface area contributed by atoms with Gasteiger partial charge in [-0.1, -0.05) is 6.92 Å². The molecule has 0 saturated carbocycles. The number of aryl methyl sites for hydroxylation is 2. The number of aromatic nitrogens is 2. The van der Waals surface area contributed by atoms with Gasteiger partial charge in [-0.2, -0.15) is 5.10 Å². The highest BCUT2D eigenvalue weighted by atomic mass is 79.9. The topological polar surface area (TPSA) is 55.1 Å². The number of phenolic OH excluding ortho intramolecular Hbond substituents is 1. The monoisotopic (exact) mass is 426 g/mol. The van der Waals surface area contributed by atoms with Crippen LogP contribution in [0.15, 0.2) is 21.1 Å². The highest BCUT2D eigenvalue weighted by molar-refractivity contribution is 9.11. The molecule has 0 unspecified atom stereocenters. The smallest absolute Gasteiger partial charge is 0.196 e. The maximum atomic E-state index is 13.0.